The van der Waals surface area contributed by atoms with Crippen LogP contribution in [0.1, 0.15) is 5.56 Å². The lowest BCUT2D eigenvalue weighted by atomic mass is 10.2. The van der Waals surface area contributed by atoms with Crippen LogP contribution in [-0.2, 0) is 6.54 Å². The minimum atomic E-state index is -4.61. The van der Waals surface area contributed by atoms with Crippen LogP contribution in [0, 0.1) is 0 Å². The number of nitrogens with one attached hydrogen (secondary N) is 1. The van der Waals surface area contributed by atoms with Crippen LogP contribution in [-0.4, -0.2) is 23.9 Å². The van der Waals surface area contributed by atoms with Gasteiger partial charge in [-0.3, -0.25) is 0 Å². The van der Waals surface area contributed by atoms with E-state index < -0.39 is 18.8 Å². The number of hydrogen-bond donors (Lipinski definition) is 2. The van der Waals surface area contributed by atoms with Crippen LogP contribution < -0.4 is 5.32 Å². The van der Waals surface area contributed by atoms with E-state index in [0.29, 0.717) is 15.6 Å². The molecule has 2 N–H and O–H groups in total. The second kappa shape index (κ2) is 5.91. The lowest BCUT2D eigenvalue weighted by molar-refractivity contribution is -0.201. The lowest BCUT2D eigenvalue weighted by Gasteiger charge is -2.15. The molecule has 17 heavy (non-hydrogen) atoms. The van der Waals surface area contributed by atoms with E-state index in [1.807, 2.05) is 0 Å². The van der Waals surface area contributed by atoms with E-state index in [-0.39, 0.29) is 6.54 Å². The summed E-state index contributed by atoms with van der Waals surface area (Å²) in [6, 6.07) is 4.70. The van der Waals surface area contributed by atoms with Gasteiger partial charge in [0.2, 0.25) is 0 Å². The van der Waals surface area contributed by atoms with E-state index in [2.05, 4.69) is 5.32 Å². The number of hydrogen-bond acceptors (Lipinski definition) is 2. The Morgan fingerprint density at radius 3 is 2.47 bits per heavy atom. The highest BCUT2D eigenvalue weighted by molar-refractivity contribution is 6.35. The lowest BCUT2D eigenvalue weighted by Crippen LogP contribution is -2.38. The Bertz CT molecular complexity index is 384. The predicted molar refractivity (Wildman–Crippen MR) is 60.2 cm³/mol. The summed E-state index contributed by atoms with van der Waals surface area (Å²) in [5, 5.41) is 12.0. The van der Waals surface area contributed by atoms with Gasteiger partial charge in [-0.1, -0.05) is 29.3 Å². The number of alkyl halides is 3. The van der Waals surface area contributed by atoms with Crippen molar-refractivity contribution in [2.75, 3.05) is 6.54 Å². The highest BCUT2D eigenvalue weighted by Gasteiger charge is 2.37. The van der Waals surface area contributed by atoms with Gasteiger partial charge in [-0.15, -0.1) is 0 Å². The average Bonchev–Trinajstić information content (AvgIpc) is 2.19. The molecular weight excluding hydrogens is 278 g/mol. The fourth-order valence-corrected chi connectivity index (χ4v) is 1.60. The molecule has 0 spiro atoms. The molecule has 0 aliphatic carbocycles. The Morgan fingerprint density at radius 2 is 1.94 bits per heavy atom. The zero-order valence-electron chi connectivity index (χ0n) is 8.56. The Hall–Kier alpha value is -0.490. The van der Waals surface area contributed by atoms with Crippen molar-refractivity contribution in [1.82, 2.24) is 5.32 Å². The van der Waals surface area contributed by atoms with Crippen molar-refractivity contribution in [3.8, 4) is 0 Å². The number of aliphatic hydroxyl groups is 1. The SMILES string of the molecule is O[C@@H](CNCc1ccc(Cl)cc1Cl)C(F)(F)F. The third-order valence-electron chi connectivity index (χ3n) is 2.05. The van der Waals surface area contributed by atoms with Crippen LogP contribution in [0.2, 0.25) is 10.0 Å². The van der Waals surface area contributed by atoms with E-state index in [1.54, 1.807) is 12.1 Å². The maximum atomic E-state index is 12.0. The molecule has 0 fully saturated rings. The molecule has 0 bridgehead atoms. The maximum absolute atomic E-state index is 12.0. The fourth-order valence-electron chi connectivity index (χ4n) is 1.12. The quantitative estimate of drug-likeness (QED) is 0.892. The smallest absolute Gasteiger partial charge is 0.382 e. The van der Waals surface area contributed by atoms with Crippen LogP contribution in [0.3, 0.4) is 0 Å². The summed E-state index contributed by atoms with van der Waals surface area (Å²) in [6.07, 6.45) is -7.00. The molecule has 0 saturated heterocycles. The molecule has 0 unspecified atom stereocenters. The third-order valence-corrected chi connectivity index (χ3v) is 2.63. The number of halogens is 5. The molecule has 0 radical (unpaired) electrons. The minimum absolute atomic E-state index is 0.128. The highest BCUT2D eigenvalue weighted by atomic mass is 35.5. The Balaban J connectivity index is 2.46. The summed E-state index contributed by atoms with van der Waals surface area (Å²) >= 11 is 11.5. The van der Waals surface area contributed by atoms with E-state index >= 15 is 0 Å². The van der Waals surface area contributed by atoms with Gasteiger partial charge < -0.3 is 10.4 Å². The molecule has 2 nitrogen and oxygen atoms in total. The van der Waals surface area contributed by atoms with Crippen molar-refractivity contribution in [3.63, 3.8) is 0 Å². The van der Waals surface area contributed by atoms with Crippen LogP contribution >= 0.6 is 23.2 Å². The standard InChI is InChI=1S/C10H10Cl2F3NO/c11-7-2-1-6(8(12)3-7)4-16-5-9(17)10(13,14)15/h1-3,9,16-17H,4-5H2/t9-/m0/s1. The molecule has 7 heteroatoms. The number of rotatable bonds is 4. The van der Waals surface area contributed by atoms with Gasteiger partial charge in [0.05, 0.1) is 0 Å². The normalized spacial score (nSPS) is 13.8. The van der Waals surface area contributed by atoms with Crippen molar-refractivity contribution >= 4 is 23.2 Å². The van der Waals surface area contributed by atoms with E-state index in [1.165, 1.54) is 6.07 Å². The van der Waals surface area contributed by atoms with Crippen molar-refractivity contribution in [1.29, 1.82) is 0 Å². The minimum Gasteiger partial charge on any atom is -0.382 e. The Morgan fingerprint density at radius 1 is 1.29 bits per heavy atom. The van der Waals surface area contributed by atoms with Gasteiger partial charge in [0.1, 0.15) is 0 Å². The molecule has 0 aliphatic heterocycles. The molecular formula is C10H10Cl2F3NO. The van der Waals surface area contributed by atoms with Crippen LogP contribution in [0.25, 0.3) is 0 Å². The molecule has 0 aromatic heterocycles. The van der Waals surface area contributed by atoms with Crippen LogP contribution in [0.4, 0.5) is 13.2 Å². The first-order valence-electron chi connectivity index (χ1n) is 4.70. The summed E-state index contributed by atoms with van der Waals surface area (Å²) in [5.41, 5.74) is 0.616. The molecule has 1 aromatic rings. The summed E-state index contributed by atoms with van der Waals surface area (Å²) in [5.74, 6) is 0. The third kappa shape index (κ3) is 4.71. The number of benzene rings is 1. The fraction of sp³-hybridized carbons (Fsp3) is 0.400. The van der Waals surface area contributed by atoms with Gasteiger partial charge in [-0.05, 0) is 17.7 Å². The van der Waals surface area contributed by atoms with Crippen molar-refractivity contribution in [2.45, 2.75) is 18.8 Å². The van der Waals surface area contributed by atoms with Crippen molar-refractivity contribution in [2.24, 2.45) is 0 Å². The van der Waals surface area contributed by atoms with Gasteiger partial charge in [0.25, 0.3) is 0 Å². The highest BCUT2D eigenvalue weighted by Crippen LogP contribution is 2.21. The molecule has 0 heterocycles. The van der Waals surface area contributed by atoms with E-state index in [0.717, 1.165) is 0 Å². The maximum Gasteiger partial charge on any atom is 0.415 e. The Labute approximate surface area is 106 Å². The molecule has 1 atom stereocenters. The summed E-state index contributed by atoms with van der Waals surface area (Å²) in [7, 11) is 0. The second-order valence-electron chi connectivity index (χ2n) is 3.42. The molecule has 1 rings (SSSR count). The molecule has 0 aliphatic rings. The largest absolute Gasteiger partial charge is 0.415 e. The predicted octanol–water partition coefficient (Wildman–Crippen LogP) is 3.01. The van der Waals surface area contributed by atoms with Gasteiger partial charge in [0, 0.05) is 23.1 Å². The van der Waals surface area contributed by atoms with Gasteiger partial charge in [-0.2, -0.15) is 13.2 Å². The first-order chi connectivity index (χ1) is 7.80. The monoisotopic (exact) mass is 287 g/mol. The second-order valence-corrected chi connectivity index (χ2v) is 4.27. The van der Waals surface area contributed by atoms with Gasteiger partial charge in [0.15, 0.2) is 6.10 Å². The van der Waals surface area contributed by atoms with E-state index in [4.69, 9.17) is 28.3 Å². The Kier molecular flexibility index (Phi) is 5.06. The van der Waals surface area contributed by atoms with E-state index in [9.17, 15) is 13.2 Å². The molecule has 96 valence electrons. The van der Waals surface area contributed by atoms with Crippen molar-refractivity contribution in [3.05, 3.63) is 33.8 Å². The topological polar surface area (TPSA) is 32.3 Å². The average molecular weight is 288 g/mol. The van der Waals surface area contributed by atoms with Gasteiger partial charge >= 0.3 is 6.18 Å². The molecule has 0 amide bonds. The molecule has 1 aromatic carbocycles. The van der Waals surface area contributed by atoms with Crippen LogP contribution in [0.5, 0.6) is 0 Å². The van der Waals surface area contributed by atoms with Gasteiger partial charge in [-0.25, -0.2) is 0 Å². The summed E-state index contributed by atoms with van der Waals surface area (Å²) < 4.78 is 35.9. The van der Waals surface area contributed by atoms with Crippen LogP contribution in [0.15, 0.2) is 18.2 Å². The summed E-state index contributed by atoms with van der Waals surface area (Å²) in [6.45, 7) is -0.453. The van der Waals surface area contributed by atoms with Crippen molar-refractivity contribution < 1.29 is 18.3 Å². The number of aliphatic hydroxyl groups excluding tert-OH is 1. The first-order valence-corrected chi connectivity index (χ1v) is 5.45. The first kappa shape index (κ1) is 14.6. The molecule has 0 saturated carbocycles. The zero-order chi connectivity index (χ0) is 13.1. The summed E-state index contributed by atoms with van der Waals surface area (Å²) in [4.78, 5) is 0. The zero-order valence-corrected chi connectivity index (χ0v) is 10.1.